The van der Waals surface area contributed by atoms with Crippen molar-refractivity contribution >= 4 is 5.91 Å². The maximum absolute atomic E-state index is 12.4. The number of hydrogen-bond donors (Lipinski definition) is 1. The van der Waals surface area contributed by atoms with Gasteiger partial charge in [0.1, 0.15) is 0 Å². The smallest absolute Gasteiger partial charge is 0.241 e. The Balaban J connectivity index is 2.08. The van der Waals surface area contributed by atoms with Crippen molar-refractivity contribution in [2.24, 2.45) is 5.92 Å². The molecule has 1 heterocycles. The highest BCUT2D eigenvalue weighted by Crippen LogP contribution is 2.32. The van der Waals surface area contributed by atoms with Crippen molar-refractivity contribution in [2.45, 2.75) is 77.5 Å². The molecular formula is C14H26N2O. The molecule has 0 bridgehead atoms. The minimum absolute atomic E-state index is 0.0591. The predicted octanol–water partition coefficient (Wildman–Crippen LogP) is 2.51. The zero-order valence-electron chi connectivity index (χ0n) is 11.4. The summed E-state index contributed by atoms with van der Waals surface area (Å²) in [4.78, 5) is 14.5. The van der Waals surface area contributed by atoms with E-state index in [4.69, 9.17) is 0 Å². The van der Waals surface area contributed by atoms with Gasteiger partial charge in [0.05, 0.1) is 12.2 Å². The van der Waals surface area contributed by atoms with Gasteiger partial charge in [-0.1, -0.05) is 26.7 Å². The van der Waals surface area contributed by atoms with E-state index in [1.54, 1.807) is 0 Å². The molecule has 3 nitrogen and oxygen atoms in total. The summed E-state index contributed by atoms with van der Waals surface area (Å²) >= 11 is 0. The van der Waals surface area contributed by atoms with E-state index in [0.717, 1.165) is 18.8 Å². The van der Waals surface area contributed by atoms with Crippen molar-refractivity contribution in [1.29, 1.82) is 0 Å². The van der Waals surface area contributed by atoms with Crippen LogP contribution in [0.3, 0.4) is 0 Å². The summed E-state index contributed by atoms with van der Waals surface area (Å²) in [7, 11) is 0. The normalized spacial score (nSPS) is 32.4. The van der Waals surface area contributed by atoms with E-state index >= 15 is 0 Å². The summed E-state index contributed by atoms with van der Waals surface area (Å²) in [6.45, 7) is 6.50. The number of amides is 1. The van der Waals surface area contributed by atoms with Crippen LogP contribution >= 0.6 is 0 Å². The van der Waals surface area contributed by atoms with Crippen LogP contribution in [0.25, 0.3) is 0 Å². The zero-order chi connectivity index (χ0) is 12.4. The number of carbonyl (C=O) groups is 1. The van der Waals surface area contributed by atoms with E-state index in [9.17, 15) is 4.79 Å². The molecule has 3 unspecified atom stereocenters. The second-order valence-corrected chi connectivity index (χ2v) is 5.58. The molecule has 0 aromatic heterocycles. The lowest BCUT2D eigenvalue weighted by Crippen LogP contribution is -2.45. The maximum atomic E-state index is 12.4. The summed E-state index contributed by atoms with van der Waals surface area (Å²) in [6, 6.07) is 0.475. The molecule has 1 amide bonds. The molecule has 3 atom stereocenters. The molecule has 1 saturated carbocycles. The highest BCUT2D eigenvalue weighted by atomic mass is 16.2. The summed E-state index contributed by atoms with van der Waals surface area (Å²) in [6.07, 6.45) is 7.48. The van der Waals surface area contributed by atoms with Gasteiger partial charge in [0.25, 0.3) is 0 Å². The Hall–Kier alpha value is -0.570. The first-order chi connectivity index (χ1) is 8.19. The molecule has 2 aliphatic rings. The zero-order valence-corrected chi connectivity index (χ0v) is 11.4. The van der Waals surface area contributed by atoms with Crippen LogP contribution in [0, 0.1) is 5.92 Å². The van der Waals surface area contributed by atoms with Crippen LogP contribution in [0.5, 0.6) is 0 Å². The van der Waals surface area contributed by atoms with Gasteiger partial charge in [-0.3, -0.25) is 10.1 Å². The number of nitrogens with one attached hydrogen (secondary N) is 1. The van der Waals surface area contributed by atoms with Gasteiger partial charge in [0.15, 0.2) is 0 Å². The van der Waals surface area contributed by atoms with Crippen molar-refractivity contribution < 1.29 is 4.79 Å². The van der Waals surface area contributed by atoms with Gasteiger partial charge in [-0.15, -0.1) is 0 Å². The number of rotatable bonds is 4. The largest absolute Gasteiger partial charge is 0.323 e. The third-order valence-corrected chi connectivity index (χ3v) is 4.60. The first kappa shape index (κ1) is 12.9. The lowest BCUT2D eigenvalue weighted by atomic mass is 9.97. The van der Waals surface area contributed by atoms with Crippen molar-refractivity contribution in [2.75, 3.05) is 0 Å². The van der Waals surface area contributed by atoms with Gasteiger partial charge in [-0.2, -0.15) is 0 Å². The van der Waals surface area contributed by atoms with Gasteiger partial charge in [0, 0.05) is 6.04 Å². The van der Waals surface area contributed by atoms with Crippen molar-refractivity contribution in [3.63, 3.8) is 0 Å². The molecule has 0 aromatic carbocycles. The second-order valence-electron chi connectivity index (χ2n) is 5.58. The quantitative estimate of drug-likeness (QED) is 0.816. The Morgan fingerprint density at radius 2 is 1.94 bits per heavy atom. The van der Waals surface area contributed by atoms with E-state index < -0.39 is 0 Å². The Labute approximate surface area is 105 Å². The Kier molecular flexibility index (Phi) is 4.08. The molecule has 1 N–H and O–H groups in total. The molecule has 1 aliphatic heterocycles. The van der Waals surface area contributed by atoms with Crippen molar-refractivity contribution in [1.82, 2.24) is 10.2 Å². The van der Waals surface area contributed by atoms with Gasteiger partial charge >= 0.3 is 0 Å². The monoisotopic (exact) mass is 238 g/mol. The topological polar surface area (TPSA) is 32.3 Å². The molecule has 2 rings (SSSR count). The molecule has 1 aliphatic carbocycles. The minimum atomic E-state index is 0.0591. The Morgan fingerprint density at radius 3 is 2.47 bits per heavy atom. The van der Waals surface area contributed by atoms with Crippen LogP contribution in [0.2, 0.25) is 0 Å². The predicted molar refractivity (Wildman–Crippen MR) is 69.6 cm³/mol. The molecule has 0 spiro atoms. The second kappa shape index (κ2) is 5.38. The van der Waals surface area contributed by atoms with E-state index in [1.165, 1.54) is 25.7 Å². The molecule has 17 heavy (non-hydrogen) atoms. The van der Waals surface area contributed by atoms with Gasteiger partial charge in [-0.25, -0.2) is 0 Å². The lowest BCUT2D eigenvalue weighted by molar-refractivity contribution is -0.133. The third kappa shape index (κ3) is 2.35. The minimum Gasteiger partial charge on any atom is -0.323 e. The van der Waals surface area contributed by atoms with Crippen LogP contribution in [0.4, 0.5) is 0 Å². The maximum Gasteiger partial charge on any atom is 0.241 e. The van der Waals surface area contributed by atoms with E-state index in [-0.39, 0.29) is 12.2 Å². The molecule has 98 valence electrons. The first-order valence-corrected chi connectivity index (χ1v) is 7.27. The fourth-order valence-electron chi connectivity index (χ4n) is 3.48. The first-order valence-electron chi connectivity index (χ1n) is 7.27. The van der Waals surface area contributed by atoms with Crippen LogP contribution in [0.15, 0.2) is 0 Å². The number of carbonyl (C=O) groups excluding carboxylic acids is 1. The average Bonchev–Trinajstić information content (AvgIpc) is 2.95. The SMILES string of the molecule is CCC1NC(CC)N(C(C)C2CCCC2)C1=O. The van der Waals surface area contributed by atoms with Crippen molar-refractivity contribution in [3.05, 3.63) is 0 Å². The molecular weight excluding hydrogens is 212 g/mol. The Bertz CT molecular complexity index is 273. The highest BCUT2D eigenvalue weighted by Gasteiger charge is 2.41. The molecule has 0 aromatic rings. The van der Waals surface area contributed by atoms with Crippen LogP contribution in [-0.4, -0.2) is 29.1 Å². The van der Waals surface area contributed by atoms with Crippen molar-refractivity contribution in [3.8, 4) is 0 Å². The van der Waals surface area contributed by atoms with Gasteiger partial charge in [-0.05, 0) is 38.5 Å². The molecule has 3 heteroatoms. The third-order valence-electron chi connectivity index (χ3n) is 4.60. The summed E-state index contributed by atoms with van der Waals surface area (Å²) < 4.78 is 0. The lowest BCUT2D eigenvalue weighted by Gasteiger charge is -2.33. The molecule has 0 radical (unpaired) electrons. The number of nitrogens with zero attached hydrogens (tertiary/aromatic N) is 1. The van der Waals surface area contributed by atoms with Crippen LogP contribution in [-0.2, 0) is 4.79 Å². The molecule has 1 saturated heterocycles. The van der Waals surface area contributed by atoms with E-state index in [1.807, 2.05) is 0 Å². The van der Waals surface area contributed by atoms with Gasteiger partial charge in [0.2, 0.25) is 5.91 Å². The van der Waals surface area contributed by atoms with Gasteiger partial charge < -0.3 is 4.90 Å². The van der Waals surface area contributed by atoms with E-state index in [0.29, 0.717) is 11.9 Å². The standard InChI is InChI=1S/C14H26N2O/c1-4-12-14(17)16(13(5-2)15-12)10(3)11-8-6-7-9-11/h10-13,15H,4-9H2,1-3H3. The summed E-state index contributed by atoms with van der Waals surface area (Å²) in [5.74, 6) is 1.06. The highest BCUT2D eigenvalue weighted by molar-refractivity contribution is 5.84. The average molecular weight is 238 g/mol. The summed E-state index contributed by atoms with van der Waals surface area (Å²) in [5, 5.41) is 3.47. The fraction of sp³-hybridized carbons (Fsp3) is 0.929. The summed E-state index contributed by atoms with van der Waals surface area (Å²) in [5.41, 5.74) is 0. The Morgan fingerprint density at radius 1 is 1.29 bits per heavy atom. The fourth-order valence-corrected chi connectivity index (χ4v) is 3.48. The molecule has 2 fully saturated rings. The van der Waals surface area contributed by atoms with E-state index in [2.05, 4.69) is 31.0 Å². The number of hydrogen-bond acceptors (Lipinski definition) is 2. The van der Waals surface area contributed by atoms with Crippen LogP contribution < -0.4 is 5.32 Å². The van der Waals surface area contributed by atoms with Crippen LogP contribution in [0.1, 0.15) is 59.3 Å².